The molecule has 1 amide bonds. The fourth-order valence-electron chi connectivity index (χ4n) is 2.78. The van der Waals surface area contributed by atoms with Gasteiger partial charge in [0.25, 0.3) is 5.91 Å². The maximum atomic E-state index is 12.8. The van der Waals surface area contributed by atoms with Crippen molar-refractivity contribution in [3.63, 3.8) is 0 Å². The molecule has 3 aromatic rings. The van der Waals surface area contributed by atoms with E-state index in [1.165, 1.54) is 6.26 Å². The Bertz CT molecular complexity index is 1040. The lowest BCUT2D eigenvalue weighted by Crippen LogP contribution is -2.28. The fraction of sp³-hybridized carbons (Fsp3) is 0.211. The summed E-state index contributed by atoms with van der Waals surface area (Å²) in [5.74, 6) is -0.241. The van der Waals surface area contributed by atoms with Crippen molar-refractivity contribution >= 4 is 26.8 Å². The van der Waals surface area contributed by atoms with Crippen molar-refractivity contribution < 1.29 is 13.2 Å². The largest absolute Gasteiger partial charge is 0.345 e. The van der Waals surface area contributed by atoms with Crippen LogP contribution in [-0.2, 0) is 9.84 Å². The molecular formula is C19H19N3O3S. The van der Waals surface area contributed by atoms with Crippen LogP contribution in [0.2, 0.25) is 0 Å². The van der Waals surface area contributed by atoms with Gasteiger partial charge in [-0.25, -0.2) is 8.42 Å². The summed E-state index contributed by atoms with van der Waals surface area (Å²) in [6.07, 6.45) is 4.98. The molecule has 0 radical (unpaired) electrons. The molecule has 1 N–H and O–H groups in total. The van der Waals surface area contributed by atoms with E-state index < -0.39 is 9.84 Å². The first-order valence-corrected chi connectivity index (χ1v) is 10.1. The predicted octanol–water partition coefficient (Wildman–Crippen LogP) is 2.91. The summed E-state index contributed by atoms with van der Waals surface area (Å²) in [5.41, 5.74) is 2.52. The second kappa shape index (κ2) is 7.21. The second-order valence-electron chi connectivity index (χ2n) is 6.01. The molecule has 0 aliphatic carbocycles. The third-order valence-corrected chi connectivity index (χ3v) is 5.30. The topological polar surface area (TPSA) is 89.0 Å². The van der Waals surface area contributed by atoms with Gasteiger partial charge in [0.1, 0.15) is 5.52 Å². The van der Waals surface area contributed by atoms with Gasteiger partial charge in [0.2, 0.25) is 0 Å². The highest BCUT2D eigenvalue weighted by molar-refractivity contribution is 7.90. The predicted molar refractivity (Wildman–Crippen MR) is 99.6 cm³/mol. The van der Waals surface area contributed by atoms with Gasteiger partial charge >= 0.3 is 0 Å². The third-order valence-electron chi connectivity index (χ3n) is 4.17. The zero-order valence-corrected chi connectivity index (χ0v) is 15.3. The van der Waals surface area contributed by atoms with Crippen molar-refractivity contribution in [1.29, 1.82) is 0 Å². The monoisotopic (exact) mass is 369 g/mol. The Labute approximate surface area is 152 Å². The zero-order valence-electron chi connectivity index (χ0n) is 14.5. The molecule has 0 bridgehead atoms. The van der Waals surface area contributed by atoms with E-state index in [-0.39, 0.29) is 16.8 Å². The number of carbonyl (C=O) groups excluding carboxylic acids is 1. The Morgan fingerprint density at radius 1 is 1.08 bits per heavy atom. The molecule has 2 aromatic carbocycles. The van der Waals surface area contributed by atoms with Crippen LogP contribution in [-0.4, -0.2) is 30.5 Å². The number of nitrogens with one attached hydrogen (secondary N) is 1. The van der Waals surface area contributed by atoms with Crippen LogP contribution in [0.3, 0.4) is 0 Å². The van der Waals surface area contributed by atoms with Crippen molar-refractivity contribution in [3.05, 3.63) is 66.0 Å². The summed E-state index contributed by atoms with van der Waals surface area (Å²) in [7, 11) is -3.24. The molecule has 1 unspecified atom stereocenters. The number of hydrogen-bond donors (Lipinski definition) is 1. The number of carbonyl (C=O) groups is 1. The minimum absolute atomic E-state index is 0.233. The van der Waals surface area contributed by atoms with Crippen LogP contribution in [0.4, 0.5) is 0 Å². The zero-order chi connectivity index (χ0) is 18.7. The number of sulfone groups is 1. The Balaban J connectivity index is 1.87. The smallest absolute Gasteiger partial charge is 0.254 e. The molecule has 0 aliphatic rings. The third kappa shape index (κ3) is 3.72. The van der Waals surface area contributed by atoms with Gasteiger partial charge in [-0.15, -0.1) is 0 Å². The number of rotatable bonds is 5. The van der Waals surface area contributed by atoms with E-state index in [0.29, 0.717) is 23.0 Å². The molecule has 134 valence electrons. The average molecular weight is 369 g/mol. The minimum Gasteiger partial charge on any atom is -0.345 e. The van der Waals surface area contributed by atoms with Crippen LogP contribution < -0.4 is 5.32 Å². The summed E-state index contributed by atoms with van der Waals surface area (Å²) in [4.78, 5) is 21.5. The van der Waals surface area contributed by atoms with Crippen LogP contribution >= 0.6 is 0 Å². The Hall–Kier alpha value is -2.80. The van der Waals surface area contributed by atoms with Crippen LogP contribution in [0.25, 0.3) is 11.0 Å². The molecule has 3 rings (SSSR count). The van der Waals surface area contributed by atoms with Crippen molar-refractivity contribution in [1.82, 2.24) is 15.3 Å². The van der Waals surface area contributed by atoms with Crippen LogP contribution in [0.1, 0.15) is 35.3 Å². The quantitative estimate of drug-likeness (QED) is 0.747. The number of para-hydroxylation sites is 1. The number of fused-ring (bicyclic) bond motifs is 1. The highest BCUT2D eigenvalue weighted by atomic mass is 32.2. The van der Waals surface area contributed by atoms with Crippen molar-refractivity contribution in [3.8, 4) is 0 Å². The van der Waals surface area contributed by atoms with E-state index in [1.54, 1.807) is 54.9 Å². The first-order valence-electron chi connectivity index (χ1n) is 8.20. The van der Waals surface area contributed by atoms with Gasteiger partial charge < -0.3 is 5.32 Å². The summed E-state index contributed by atoms with van der Waals surface area (Å²) in [6, 6.07) is 11.6. The van der Waals surface area contributed by atoms with E-state index in [4.69, 9.17) is 0 Å². The molecule has 0 spiro atoms. The first-order chi connectivity index (χ1) is 12.4. The molecule has 0 saturated carbocycles. The van der Waals surface area contributed by atoms with Gasteiger partial charge in [0.05, 0.1) is 22.0 Å². The number of hydrogen-bond acceptors (Lipinski definition) is 5. The van der Waals surface area contributed by atoms with E-state index in [9.17, 15) is 13.2 Å². The van der Waals surface area contributed by atoms with Gasteiger partial charge in [-0.1, -0.05) is 25.1 Å². The molecule has 1 heterocycles. The molecule has 1 atom stereocenters. The molecule has 6 nitrogen and oxygen atoms in total. The van der Waals surface area contributed by atoms with Crippen molar-refractivity contribution in [2.24, 2.45) is 0 Å². The van der Waals surface area contributed by atoms with Crippen LogP contribution in [0, 0.1) is 0 Å². The molecule has 0 fully saturated rings. The lowest BCUT2D eigenvalue weighted by Gasteiger charge is -2.18. The number of amides is 1. The summed E-state index contributed by atoms with van der Waals surface area (Å²) in [6.45, 7) is 1.96. The van der Waals surface area contributed by atoms with E-state index in [2.05, 4.69) is 15.3 Å². The van der Waals surface area contributed by atoms with E-state index in [0.717, 1.165) is 5.56 Å². The van der Waals surface area contributed by atoms with Crippen LogP contribution in [0.15, 0.2) is 59.8 Å². The van der Waals surface area contributed by atoms with Gasteiger partial charge in [-0.2, -0.15) is 0 Å². The highest BCUT2D eigenvalue weighted by Crippen LogP contribution is 2.21. The van der Waals surface area contributed by atoms with E-state index in [1.807, 2.05) is 6.92 Å². The molecular weight excluding hydrogens is 350 g/mol. The van der Waals surface area contributed by atoms with Crippen molar-refractivity contribution in [2.75, 3.05) is 6.26 Å². The van der Waals surface area contributed by atoms with Gasteiger partial charge in [-0.3, -0.25) is 14.8 Å². The summed E-state index contributed by atoms with van der Waals surface area (Å²) < 4.78 is 23.2. The maximum Gasteiger partial charge on any atom is 0.254 e. The standard InChI is InChI=1S/C19H19N3O3S/c1-3-16(13-7-9-14(10-8-13)26(2,24)25)22-19(23)15-5-4-6-17-18(15)21-12-11-20-17/h4-12,16H,3H2,1-2H3,(H,22,23). The number of benzene rings is 2. The van der Waals surface area contributed by atoms with Gasteiger partial charge in [-0.05, 0) is 36.2 Å². The molecule has 0 aliphatic heterocycles. The SMILES string of the molecule is CCC(NC(=O)c1cccc2nccnc12)c1ccc(S(C)(=O)=O)cc1. The summed E-state index contributed by atoms with van der Waals surface area (Å²) >= 11 is 0. The fourth-order valence-corrected chi connectivity index (χ4v) is 3.41. The Morgan fingerprint density at radius 3 is 2.42 bits per heavy atom. The Morgan fingerprint density at radius 2 is 1.77 bits per heavy atom. The first kappa shape index (κ1) is 18.0. The van der Waals surface area contributed by atoms with Gasteiger partial charge in [0, 0.05) is 18.6 Å². The van der Waals surface area contributed by atoms with Crippen molar-refractivity contribution in [2.45, 2.75) is 24.3 Å². The molecule has 7 heteroatoms. The Kier molecular flexibility index (Phi) is 4.99. The van der Waals surface area contributed by atoms with Crippen LogP contribution in [0.5, 0.6) is 0 Å². The van der Waals surface area contributed by atoms with E-state index >= 15 is 0 Å². The highest BCUT2D eigenvalue weighted by Gasteiger charge is 2.17. The normalized spacial score (nSPS) is 12.7. The molecule has 0 saturated heterocycles. The average Bonchev–Trinajstić information content (AvgIpc) is 2.65. The summed E-state index contributed by atoms with van der Waals surface area (Å²) in [5, 5.41) is 2.99. The second-order valence-corrected chi connectivity index (χ2v) is 8.02. The van der Waals surface area contributed by atoms with Gasteiger partial charge in [0.15, 0.2) is 9.84 Å². The maximum absolute atomic E-state index is 12.8. The minimum atomic E-state index is -3.24. The lowest BCUT2D eigenvalue weighted by atomic mass is 10.0. The molecule has 1 aromatic heterocycles. The molecule has 26 heavy (non-hydrogen) atoms. The number of aromatic nitrogens is 2. The lowest BCUT2D eigenvalue weighted by molar-refractivity contribution is 0.0937. The number of nitrogens with zero attached hydrogens (tertiary/aromatic N) is 2.